The van der Waals surface area contributed by atoms with E-state index < -0.39 is 24.6 Å². The maximum absolute atomic E-state index is 12.1. The summed E-state index contributed by atoms with van der Waals surface area (Å²) in [6.45, 7) is 0. The molecule has 2 bridgehead atoms. The molecule has 0 aromatic carbocycles. The Morgan fingerprint density at radius 3 is 2.15 bits per heavy atom. The third kappa shape index (κ3) is 4.05. The zero-order chi connectivity index (χ0) is 20.3. The van der Waals surface area contributed by atoms with Crippen LogP contribution in [-0.2, 0) is 14.9 Å². The van der Waals surface area contributed by atoms with E-state index in [0.29, 0.717) is 12.8 Å². The van der Waals surface area contributed by atoms with Gasteiger partial charge >= 0.3 is 18.5 Å². The number of hydrogen-bond donors (Lipinski definition) is 2. The number of aromatic nitrogens is 2. The number of nitrogens with two attached hydrogens (primary N) is 1. The molecule has 4 aliphatic carbocycles. The van der Waals surface area contributed by atoms with Crippen molar-refractivity contribution in [2.24, 2.45) is 5.73 Å². The molecule has 1 aromatic heterocycles. The van der Waals surface area contributed by atoms with Gasteiger partial charge in [-0.05, 0) is 32.1 Å². The third-order valence-electron chi connectivity index (χ3n) is 5.25. The van der Waals surface area contributed by atoms with E-state index in [1.807, 2.05) is 10.8 Å². The molecular weight excluding hydrogens is 384 g/mol. The van der Waals surface area contributed by atoms with Gasteiger partial charge in [0, 0.05) is 23.2 Å². The van der Waals surface area contributed by atoms with Crippen molar-refractivity contribution in [3.05, 3.63) is 18.2 Å². The monoisotopic (exact) mass is 401 g/mol. The summed E-state index contributed by atoms with van der Waals surface area (Å²) in [7, 11) is 0. The molecule has 0 aliphatic heterocycles. The van der Waals surface area contributed by atoms with Crippen molar-refractivity contribution in [2.75, 3.05) is 0 Å². The molecule has 12 heteroatoms. The van der Waals surface area contributed by atoms with E-state index in [4.69, 9.17) is 15.6 Å². The Kier molecular flexibility index (Phi) is 4.50. The van der Waals surface area contributed by atoms with E-state index in [9.17, 15) is 26.3 Å². The molecule has 0 spiro atoms. The fourth-order valence-corrected chi connectivity index (χ4v) is 4.01. The van der Waals surface area contributed by atoms with Crippen molar-refractivity contribution in [3.8, 4) is 0 Å². The molecule has 0 radical (unpaired) electrons. The number of alkyl halides is 6. The second kappa shape index (κ2) is 6.09. The van der Waals surface area contributed by atoms with E-state index in [0.717, 1.165) is 25.0 Å². The van der Waals surface area contributed by atoms with Crippen LogP contribution < -0.4 is 5.73 Å². The number of carboxylic acid groups (broad SMARTS) is 1. The fourth-order valence-electron chi connectivity index (χ4n) is 4.01. The lowest BCUT2D eigenvalue weighted by molar-refractivity contribution is -0.353. The Morgan fingerprint density at radius 2 is 1.74 bits per heavy atom. The van der Waals surface area contributed by atoms with Gasteiger partial charge in [-0.2, -0.15) is 13.2 Å². The number of ether oxygens (including phenoxy) is 1. The zero-order valence-corrected chi connectivity index (χ0v) is 13.8. The SMILES string of the molecule is NC12CC(c3cn([C@H]4C[C@@H](OC(F)(F)F)C4)cn3)(C1)C2.O=C(O)C(F)(F)F. The zero-order valence-electron chi connectivity index (χ0n) is 13.8. The molecule has 1 aromatic rings. The van der Waals surface area contributed by atoms with Gasteiger partial charge in [0.15, 0.2) is 0 Å². The normalized spacial score (nSPS) is 34.5. The molecule has 27 heavy (non-hydrogen) atoms. The van der Waals surface area contributed by atoms with Gasteiger partial charge in [0.1, 0.15) is 0 Å². The number of hydrogen-bond acceptors (Lipinski definition) is 4. The average molecular weight is 401 g/mol. The predicted octanol–water partition coefficient (Wildman–Crippen LogP) is 2.89. The lowest BCUT2D eigenvalue weighted by Gasteiger charge is -2.68. The molecule has 4 saturated carbocycles. The van der Waals surface area contributed by atoms with Crippen LogP contribution in [0.3, 0.4) is 0 Å². The number of carbonyl (C=O) groups is 1. The summed E-state index contributed by atoms with van der Waals surface area (Å²) in [6.07, 6.45) is -2.87. The van der Waals surface area contributed by atoms with Crippen molar-refractivity contribution in [3.63, 3.8) is 0 Å². The molecule has 0 amide bonds. The summed E-state index contributed by atoms with van der Waals surface area (Å²) in [5, 5.41) is 7.12. The molecule has 0 saturated heterocycles. The largest absolute Gasteiger partial charge is 0.522 e. The molecule has 152 valence electrons. The molecule has 4 aliphatic rings. The standard InChI is InChI=1S/C13H16F3N3O.C2HF3O2/c14-13(15,16)20-9-1-8(2-9)19-3-10(18-7-19)11-4-12(17,5-11)6-11;3-2(4,5)1(6)7/h3,7-9H,1-2,4-6,17H2;(H,6,7)/t8-,9+,11?,12?;. The van der Waals surface area contributed by atoms with Gasteiger partial charge in [-0.25, -0.2) is 9.78 Å². The molecule has 5 rings (SSSR count). The smallest absolute Gasteiger partial charge is 0.475 e. The molecule has 0 atom stereocenters. The number of halogens is 6. The molecule has 3 N–H and O–H groups in total. The van der Waals surface area contributed by atoms with Crippen LogP contribution in [0.4, 0.5) is 26.3 Å². The number of imidazole rings is 1. The summed E-state index contributed by atoms with van der Waals surface area (Å²) in [6, 6.07) is 0.0720. The molecule has 0 unspecified atom stereocenters. The quantitative estimate of drug-likeness (QED) is 0.761. The van der Waals surface area contributed by atoms with Crippen LogP contribution in [0, 0.1) is 0 Å². The van der Waals surface area contributed by atoms with Gasteiger partial charge in [0.05, 0.1) is 18.1 Å². The maximum Gasteiger partial charge on any atom is 0.522 e. The van der Waals surface area contributed by atoms with Crippen LogP contribution in [0.5, 0.6) is 0 Å². The van der Waals surface area contributed by atoms with E-state index in [2.05, 4.69) is 9.72 Å². The van der Waals surface area contributed by atoms with Crippen LogP contribution in [0.15, 0.2) is 12.5 Å². The van der Waals surface area contributed by atoms with Crippen molar-refractivity contribution in [1.82, 2.24) is 9.55 Å². The fraction of sp³-hybridized carbons (Fsp3) is 0.733. The minimum absolute atomic E-state index is 0.0336. The Bertz CT molecular complexity index is 703. The van der Waals surface area contributed by atoms with Crippen LogP contribution in [0.2, 0.25) is 0 Å². The van der Waals surface area contributed by atoms with Gasteiger partial charge < -0.3 is 15.4 Å². The molecular formula is C15H17F6N3O3. The minimum Gasteiger partial charge on any atom is -0.475 e. The first-order chi connectivity index (χ1) is 12.2. The highest BCUT2D eigenvalue weighted by molar-refractivity contribution is 5.73. The summed E-state index contributed by atoms with van der Waals surface area (Å²) in [4.78, 5) is 13.3. The highest BCUT2D eigenvalue weighted by Gasteiger charge is 2.67. The van der Waals surface area contributed by atoms with E-state index in [1.54, 1.807) is 6.33 Å². The molecule has 4 fully saturated rings. The second-order valence-electron chi connectivity index (χ2n) is 7.49. The van der Waals surface area contributed by atoms with Gasteiger partial charge in [-0.3, -0.25) is 4.74 Å². The van der Waals surface area contributed by atoms with Crippen molar-refractivity contribution in [2.45, 2.75) is 67.7 Å². The number of rotatable bonds is 3. The number of nitrogens with zero attached hydrogens (tertiary/aromatic N) is 2. The lowest BCUT2D eigenvalue weighted by atomic mass is 9.39. The van der Waals surface area contributed by atoms with E-state index >= 15 is 0 Å². The summed E-state index contributed by atoms with van der Waals surface area (Å²) in [5.41, 5.74) is 7.27. The first-order valence-electron chi connectivity index (χ1n) is 8.09. The summed E-state index contributed by atoms with van der Waals surface area (Å²) in [5.74, 6) is -2.76. The maximum atomic E-state index is 12.1. The van der Waals surface area contributed by atoms with E-state index in [-0.39, 0.29) is 17.0 Å². The van der Waals surface area contributed by atoms with E-state index in [1.165, 1.54) is 0 Å². The average Bonchev–Trinajstić information content (AvgIpc) is 2.85. The Balaban J connectivity index is 0.000000260. The highest BCUT2D eigenvalue weighted by atomic mass is 19.4. The Morgan fingerprint density at radius 1 is 1.22 bits per heavy atom. The number of carboxylic acids is 1. The molecule has 6 nitrogen and oxygen atoms in total. The van der Waals surface area contributed by atoms with Crippen LogP contribution in [0.1, 0.15) is 43.8 Å². The van der Waals surface area contributed by atoms with Gasteiger partial charge in [-0.15, -0.1) is 13.2 Å². The highest BCUT2D eigenvalue weighted by Crippen LogP contribution is 2.66. The van der Waals surface area contributed by atoms with Gasteiger partial charge in [0.25, 0.3) is 0 Å². The first kappa shape index (κ1) is 19.9. The van der Waals surface area contributed by atoms with Gasteiger partial charge in [0.2, 0.25) is 0 Å². The second-order valence-corrected chi connectivity index (χ2v) is 7.49. The Labute approximate surface area is 149 Å². The minimum atomic E-state index is -5.08. The van der Waals surface area contributed by atoms with Crippen molar-refractivity contribution in [1.29, 1.82) is 0 Å². The molecule has 1 heterocycles. The van der Waals surface area contributed by atoms with Crippen molar-refractivity contribution < 1.29 is 41.0 Å². The first-order valence-corrected chi connectivity index (χ1v) is 8.09. The third-order valence-corrected chi connectivity index (χ3v) is 5.25. The van der Waals surface area contributed by atoms with Crippen molar-refractivity contribution >= 4 is 5.97 Å². The number of aliphatic carboxylic acids is 1. The lowest BCUT2D eigenvalue weighted by Crippen LogP contribution is -2.74. The van der Waals surface area contributed by atoms with Crippen LogP contribution in [-0.4, -0.2) is 44.8 Å². The summed E-state index contributed by atoms with van der Waals surface area (Å²) >= 11 is 0. The summed E-state index contributed by atoms with van der Waals surface area (Å²) < 4.78 is 73.8. The Hall–Kier alpha value is -1.82. The van der Waals surface area contributed by atoms with Crippen LogP contribution >= 0.6 is 0 Å². The topological polar surface area (TPSA) is 90.4 Å². The predicted molar refractivity (Wildman–Crippen MR) is 77.6 cm³/mol. The van der Waals surface area contributed by atoms with Crippen LogP contribution in [0.25, 0.3) is 0 Å². The van der Waals surface area contributed by atoms with Gasteiger partial charge in [-0.1, -0.05) is 0 Å².